The fraction of sp³-hybridized carbons (Fsp3) is 0.105. The standard InChI is InChI=1S/C19H13N3O2/c1-10-3-5-12-16(15(10)14-9-20-7-8-21-14)23-18-13-6-4-11(2)22-19(13)24-17(12)18/h3-9H,1-2H3. The molecule has 1 aromatic carbocycles. The molecular formula is C19H13N3O2. The number of pyridine rings is 1. The van der Waals surface area contributed by atoms with Crippen molar-refractivity contribution in [2.24, 2.45) is 0 Å². The molecule has 0 radical (unpaired) electrons. The Bertz CT molecular complexity index is 1220. The van der Waals surface area contributed by atoms with Crippen LogP contribution in [0.4, 0.5) is 0 Å². The van der Waals surface area contributed by atoms with Gasteiger partial charge in [0, 0.05) is 23.7 Å². The summed E-state index contributed by atoms with van der Waals surface area (Å²) in [7, 11) is 0. The summed E-state index contributed by atoms with van der Waals surface area (Å²) in [4.78, 5) is 13.0. The lowest BCUT2D eigenvalue weighted by atomic mass is 10.0. The van der Waals surface area contributed by atoms with Crippen LogP contribution in [0.25, 0.3) is 44.5 Å². The zero-order valence-electron chi connectivity index (χ0n) is 13.2. The van der Waals surface area contributed by atoms with Gasteiger partial charge in [0.15, 0.2) is 11.2 Å². The second-order valence-electron chi connectivity index (χ2n) is 5.89. The molecule has 116 valence electrons. The Morgan fingerprint density at radius 2 is 1.67 bits per heavy atom. The monoisotopic (exact) mass is 315 g/mol. The van der Waals surface area contributed by atoms with Gasteiger partial charge in [0.1, 0.15) is 5.58 Å². The zero-order valence-corrected chi connectivity index (χ0v) is 13.2. The highest BCUT2D eigenvalue weighted by Crippen LogP contribution is 2.40. The van der Waals surface area contributed by atoms with E-state index in [9.17, 15) is 0 Å². The molecule has 0 saturated carbocycles. The molecular weight excluding hydrogens is 302 g/mol. The van der Waals surface area contributed by atoms with E-state index in [1.165, 1.54) is 0 Å². The molecule has 0 N–H and O–H groups in total. The van der Waals surface area contributed by atoms with Crippen LogP contribution in [0.5, 0.6) is 0 Å². The Morgan fingerprint density at radius 3 is 2.50 bits per heavy atom. The number of benzene rings is 1. The van der Waals surface area contributed by atoms with Crippen molar-refractivity contribution in [1.82, 2.24) is 15.0 Å². The van der Waals surface area contributed by atoms with Crippen LogP contribution in [-0.4, -0.2) is 15.0 Å². The predicted molar refractivity (Wildman–Crippen MR) is 91.8 cm³/mol. The highest BCUT2D eigenvalue weighted by atomic mass is 16.4. The van der Waals surface area contributed by atoms with Crippen molar-refractivity contribution in [3.05, 3.63) is 54.1 Å². The van der Waals surface area contributed by atoms with E-state index in [0.717, 1.165) is 50.0 Å². The van der Waals surface area contributed by atoms with Gasteiger partial charge in [-0.25, -0.2) is 4.98 Å². The van der Waals surface area contributed by atoms with Crippen molar-refractivity contribution in [2.75, 3.05) is 0 Å². The summed E-state index contributed by atoms with van der Waals surface area (Å²) in [6, 6.07) is 8.01. The van der Waals surface area contributed by atoms with Gasteiger partial charge in [0.2, 0.25) is 5.71 Å². The van der Waals surface area contributed by atoms with Crippen LogP contribution in [0.2, 0.25) is 0 Å². The number of rotatable bonds is 1. The summed E-state index contributed by atoms with van der Waals surface area (Å²) in [5.41, 5.74) is 6.55. The van der Waals surface area contributed by atoms with Crippen molar-refractivity contribution >= 4 is 33.2 Å². The van der Waals surface area contributed by atoms with E-state index >= 15 is 0 Å². The summed E-state index contributed by atoms with van der Waals surface area (Å²) in [5, 5.41) is 1.81. The maximum absolute atomic E-state index is 6.21. The molecule has 24 heavy (non-hydrogen) atoms. The van der Waals surface area contributed by atoms with E-state index in [4.69, 9.17) is 8.83 Å². The zero-order chi connectivity index (χ0) is 16.3. The fourth-order valence-corrected chi connectivity index (χ4v) is 3.14. The summed E-state index contributed by atoms with van der Waals surface area (Å²) >= 11 is 0. The minimum Gasteiger partial charge on any atom is -0.451 e. The van der Waals surface area contributed by atoms with Crippen LogP contribution < -0.4 is 0 Å². The molecule has 4 heterocycles. The first-order valence-corrected chi connectivity index (χ1v) is 7.71. The summed E-state index contributed by atoms with van der Waals surface area (Å²) in [6.45, 7) is 3.98. The molecule has 0 saturated heterocycles. The topological polar surface area (TPSA) is 65.0 Å². The van der Waals surface area contributed by atoms with Crippen molar-refractivity contribution in [2.45, 2.75) is 13.8 Å². The van der Waals surface area contributed by atoms with E-state index in [0.29, 0.717) is 5.71 Å². The van der Waals surface area contributed by atoms with Crippen molar-refractivity contribution in [1.29, 1.82) is 0 Å². The van der Waals surface area contributed by atoms with Gasteiger partial charge in [-0.05, 0) is 37.6 Å². The molecule has 0 aliphatic carbocycles. The van der Waals surface area contributed by atoms with Gasteiger partial charge in [-0.2, -0.15) is 0 Å². The smallest absolute Gasteiger partial charge is 0.230 e. The molecule has 5 heteroatoms. The van der Waals surface area contributed by atoms with Crippen molar-refractivity contribution in [3.63, 3.8) is 0 Å². The van der Waals surface area contributed by atoms with Gasteiger partial charge in [-0.1, -0.05) is 6.07 Å². The molecule has 0 amide bonds. The average molecular weight is 315 g/mol. The minimum absolute atomic E-state index is 0.604. The van der Waals surface area contributed by atoms with Gasteiger partial charge in [0.25, 0.3) is 0 Å². The van der Waals surface area contributed by atoms with Crippen LogP contribution >= 0.6 is 0 Å². The molecule has 0 bridgehead atoms. The van der Waals surface area contributed by atoms with E-state index in [2.05, 4.69) is 15.0 Å². The van der Waals surface area contributed by atoms with Crippen molar-refractivity contribution in [3.8, 4) is 11.3 Å². The van der Waals surface area contributed by atoms with Crippen molar-refractivity contribution < 1.29 is 8.83 Å². The van der Waals surface area contributed by atoms with E-state index in [1.54, 1.807) is 18.6 Å². The Morgan fingerprint density at radius 1 is 0.833 bits per heavy atom. The van der Waals surface area contributed by atoms with E-state index in [1.807, 2.05) is 38.1 Å². The maximum atomic E-state index is 6.21. The lowest BCUT2D eigenvalue weighted by Gasteiger charge is -2.05. The molecule has 0 atom stereocenters. The van der Waals surface area contributed by atoms with Gasteiger partial charge >= 0.3 is 0 Å². The number of hydrogen-bond acceptors (Lipinski definition) is 5. The highest BCUT2D eigenvalue weighted by Gasteiger charge is 2.20. The molecule has 5 aromatic rings. The van der Waals surface area contributed by atoms with Gasteiger partial charge in [-0.3, -0.25) is 9.97 Å². The third-order valence-electron chi connectivity index (χ3n) is 4.28. The maximum Gasteiger partial charge on any atom is 0.230 e. The first-order valence-electron chi connectivity index (χ1n) is 7.71. The first-order chi connectivity index (χ1) is 11.7. The van der Waals surface area contributed by atoms with E-state index < -0.39 is 0 Å². The second-order valence-corrected chi connectivity index (χ2v) is 5.89. The Labute approximate surface area is 137 Å². The first kappa shape index (κ1) is 13.2. The molecule has 0 aliphatic rings. The van der Waals surface area contributed by atoms with Crippen LogP contribution in [-0.2, 0) is 0 Å². The van der Waals surface area contributed by atoms with E-state index in [-0.39, 0.29) is 0 Å². The molecule has 0 fully saturated rings. The quantitative estimate of drug-likeness (QED) is 0.444. The number of aromatic nitrogens is 3. The van der Waals surface area contributed by atoms with Gasteiger partial charge in [0.05, 0.1) is 22.7 Å². The third kappa shape index (κ3) is 1.72. The number of fused-ring (bicyclic) bond motifs is 5. The molecule has 0 unspecified atom stereocenters. The highest BCUT2D eigenvalue weighted by molar-refractivity contribution is 6.14. The minimum atomic E-state index is 0.604. The van der Waals surface area contributed by atoms with Crippen LogP contribution in [0.1, 0.15) is 11.3 Å². The normalized spacial score (nSPS) is 11.8. The molecule has 5 nitrogen and oxygen atoms in total. The molecule has 4 aromatic heterocycles. The number of hydrogen-bond donors (Lipinski definition) is 0. The second kappa shape index (κ2) is 4.64. The number of furan rings is 2. The molecule has 5 rings (SSSR count). The Hall–Kier alpha value is -3.21. The van der Waals surface area contributed by atoms with Crippen LogP contribution in [0.15, 0.2) is 51.7 Å². The Balaban J connectivity index is 1.93. The number of nitrogens with zero attached hydrogens (tertiary/aromatic N) is 3. The van der Waals surface area contributed by atoms with Crippen LogP contribution in [0.3, 0.4) is 0 Å². The van der Waals surface area contributed by atoms with Crippen LogP contribution in [0, 0.1) is 13.8 Å². The SMILES string of the molecule is Cc1ccc2c(n1)oc1c3ccc(C)c(-c4cnccn4)c3oc21. The summed E-state index contributed by atoms with van der Waals surface area (Å²) < 4.78 is 12.2. The Kier molecular flexibility index (Phi) is 2.56. The molecule has 0 spiro atoms. The summed E-state index contributed by atoms with van der Waals surface area (Å²) in [6.07, 6.45) is 5.09. The third-order valence-corrected chi connectivity index (χ3v) is 4.28. The lowest BCUT2D eigenvalue weighted by Crippen LogP contribution is -1.88. The average Bonchev–Trinajstić information content (AvgIpc) is 3.10. The largest absolute Gasteiger partial charge is 0.451 e. The van der Waals surface area contributed by atoms with Gasteiger partial charge in [-0.15, -0.1) is 0 Å². The summed E-state index contributed by atoms with van der Waals surface area (Å²) in [5.74, 6) is 0. The predicted octanol–water partition coefficient (Wildman–Crippen LogP) is 4.80. The van der Waals surface area contributed by atoms with Gasteiger partial charge < -0.3 is 8.83 Å². The molecule has 0 aliphatic heterocycles. The fourth-order valence-electron chi connectivity index (χ4n) is 3.14. The lowest BCUT2D eigenvalue weighted by molar-refractivity contribution is 0.644. The number of aryl methyl sites for hydroxylation is 2.